The van der Waals surface area contributed by atoms with E-state index in [4.69, 9.17) is 0 Å². The van der Waals surface area contributed by atoms with Crippen LogP contribution in [0.3, 0.4) is 0 Å². The third-order valence-corrected chi connectivity index (χ3v) is 5.68. The van der Waals surface area contributed by atoms with Gasteiger partial charge in [0.1, 0.15) is 6.04 Å². The van der Waals surface area contributed by atoms with Gasteiger partial charge in [-0.25, -0.2) is 0 Å². The second-order valence-electron chi connectivity index (χ2n) is 8.93. The van der Waals surface area contributed by atoms with Crippen molar-refractivity contribution in [2.75, 3.05) is 7.05 Å². The molecule has 2 aromatic rings. The Labute approximate surface area is 181 Å². The molecule has 0 saturated heterocycles. The molecule has 0 heterocycles. The molecule has 1 N–H and O–H groups in total. The Morgan fingerprint density at radius 3 is 2.20 bits per heavy atom. The molecule has 0 unspecified atom stereocenters. The van der Waals surface area contributed by atoms with Gasteiger partial charge < -0.3 is 10.2 Å². The van der Waals surface area contributed by atoms with Gasteiger partial charge in [-0.05, 0) is 47.4 Å². The van der Waals surface area contributed by atoms with Gasteiger partial charge in [0.05, 0.1) is 0 Å². The van der Waals surface area contributed by atoms with E-state index in [1.54, 1.807) is 11.9 Å². The molecule has 0 aliphatic heterocycles. The van der Waals surface area contributed by atoms with Gasteiger partial charge in [0, 0.05) is 20.0 Å². The van der Waals surface area contributed by atoms with E-state index in [2.05, 4.69) is 50.4 Å². The first-order chi connectivity index (χ1) is 14.2. The van der Waals surface area contributed by atoms with Gasteiger partial charge in [-0.1, -0.05) is 76.2 Å². The van der Waals surface area contributed by atoms with E-state index in [-0.39, 0.29) is 17.2 Å². The maximum Gasteiger partial charge on any atom is 0.242 e. The number of rotatable bonds is 8. The zero-order valence-corrected chi connectivity index (χ0v) is 19.3. The van der Waals surface area contributed by atoms with Crippen molar-refractivity contribution in [2.45, 2.75) is 71.9 Å². The second kappa shape index (κ2) is 10.4. The lowest BCUT2D eigenvalue weighted by Crippen LogP contribution is -2.48. The van der Waals surface area contributed by atoms with Gasteiger partial charge in [0.25, 0.3) is 0 Å². The highest BCUT2D eigenvalue weighted by atomic mass is 16.2. The number of carbonyl (C=O) groups excluding carboxylic acids is 2. The van der Waals surface area contributed by atoms with Crippen LogP contribution in [-0.4, -0.2) is 29.8 Å². The van der Waals surface area contributed by atoms with Crippen LogP contribution in [0.4, 0.5) is 0 Å². The third kappa shape index (κ3) is 6.19. The number of benzene rings is 2. The highest BCUT2D eigenvalue weighted by molar-refractivity contribution is 5.87. The van der Waals surface area contributed by atoms with Crippen molar-refractivity contribution in [3.63, 3.8) is 0 Å². The van der Waals surface area contributed by atoms with Crippen LogP contribution in [0, 0.1) is 6.92 Å². The Hall–Kier alpha value is -2.62. The summed E-state index contributed by atoms with van der Waals surface area (Å²) in [7, 11) is 1.62. The molecule has 1 atom stereocenters. The molecule has 0 aliphatic rings. The van der Waals surface area contributed by atoms with Crippen molar-refractivity contribution in [1.29, 1.82) is 0 Å². The predicted molar refractivity (Wildman–Crippen MR) is 123 cm³/mol. The van der Waals surface area contributed by atoms with E-state index in [1.165, 1.54) is 5.56 Å². The molecule has 2 aromatic carbocycles. The van der Waals surface area contributed by atoms with Crippen molar-refractivity contribution in [3.05, 3.63) is 70.8 Å². The van der Waals surface area contributed by atoms with Gasteiger partial charge in [0.15, 0.2) is 0 Å². The van der Waals surface area contributed by atoms with Crippen LogP contribution in [0.1, 0.15) is 62.8 Å². The number of nitrogens with one attached hydrogen (secondary N) is 1. The van der Waals surface area contributed by atoms with Crippen molar-refractivity contribution in [1.82, 2.24) is 10.2 Å². The van der Waals surface area contributed by atoms with Crippen LogP contribution < -0.4 is 5.32 Å². The standard InChI is InChI=1S/C26H36N2O2/c1-7-23(25(30)27-6)28(18-21-11-9-8-10-19(21)2)24(29)17-14-20-12-15-22(16-13-20)26(3,4)5/h8-13,15-16,23H,7,14,17-18H2,1-6H3,(H,27,30)/t23-/m1/s1. The van der Waals surface area contributed by atoms with Crippen LogP contribution in [-0.2, 0) is 28.0 Å². The molecular weight excluding hydrogens is 372 g/mol. The van der Waals surface area contributed by atoms with Gasteiger partial charge >= 0.3 is 0 Å². The lowest BCUT2D eigenvalue weighted by molar-refractivity contribution is -0.141. The average Bonchev–Trinajstić information content (AvgIpc) is 2.72. The van der Waals surface area contributed by atoms with E-state index < -0.39 is 6.04 Å². The monoisotopic (exact) mass is 408 g/mol. The van der Waals surface area contributed by atoms with Crippen molar-refractivity contribution in [3.8, 4) is 0 Å². The number of amides is 2. The van der Waals surface area contributed by atoms with E-state index in [1.807, 2.05) is 38.1 Å². The fourth-order valence-corrected chi connectivity index (χ4v) is 3.62. The maximum absolute atomic E-state index is 13.2. The summed E-state index contributed by atoms with van der Waals surface area (Å²) in [4.78, 5) is 27.4. The van der Waals surface area contributed by atoms with Crippen LogP contribution in [0.15, 0.2) is 48.5 Å². The smallest absolute Gasteiger partial charge is 0.242 e. The molecular formula is C26H36N2O2. The predicted octanol–water partition coefficient (Wildman–Crippen LogP) is 4.78. The third-order valence-electron chi connectivity index (χ3n) is 5.68. The molecule has 0 aromatic heterocycles. The van der Waals surface area contributed by atoms with E-state index in [0.717, 1.165) is 16.7 Å². The summed E-state index contributed by atoms with van der Waals surface area (Å²) in [6, 6.07) is 16.1. The minimum atomic E-state index is -0.467. The molecule has 162 valence electrons. The molecule has 2 rings (SSSR count). The minimum absolute atomic E-state index is 0.00796. The molecule has 0 saturated carbocycles. The number of hydrogen-bond acceptors (Lipinski definition) is 2. The number of nitrogens with zero attached hydrogens (tertiary/aromatic N) is 1. The van der Waals surface area contributed by atoms with E-state index >= 15 is 0 Å². The summed E-state index contributed by atoms with van der Waals surface area (Å²) in [5.41, 5.74) is 4.73. The maximum atomic E-state index is 13.2. The highest BCUT2D eigenvalue weighted by Gasteiger charge is 2.28. The Bertz CT molecular complexity index is 850. The fourth-order valence-electron chi connectivity index (χ4n) is 3.62. The first kappa shape index (κ1) is 23.7. The van der Waals surface area contributed by atoms with E-state index in [9.17, 15) is 9.59 Å². The molecule has 4 heteroatoms. The Balaban J connectivity index is 2.17. The Morgan fingerprint density at radius 2 is 1.67 bits per heavy atom. The number of hydrogen-bond donors (Lipinski definition) is 1. The van der Waals surface area contributed by atoms with Crippen LogP contribution in [0.2, 0.25) is 0 Å². The Morgan fingerprint density at radius 1 is 1.03 bits per heavy atom. The number of likely N-dealkylation sites (N-methyl/N-ethyl adjacent to an activating group) is 1. The minimum Gasteiger partial charge on any atom is -0.357 e. The van der Waals surface area contributed by atoms with Crippen LogP contribution >= 0.6 is 0 Å². The lowest BCUT2D eigenvalue weighted by Gasteiger charge is -2.31. The summed E-state index contributed by atoms with van der Waals surface area (Å²) < 4.78 is 0. The molecule has 4 nitrogen and oxygen atoms in total. The topological polar surface area (TPSA) is 49.4 Å². The largest absolute Gasteiger partial charge is 0.357 e. The summed E-state index contributed by atoms with van der Waals surface area (Å²) in [5, 5.41) is 2.71. The van der Waals surface area contributed by atoms with Crippen LogP contribution in [0.25, 0.3) is 0 Å². The summed E-state index contributed by atoms with van der Waals surface area (Å²) in [6.07, 6.45) is 1.63. The first-order valence-corrected chi connectivity index (χ1v) is 10.8. The number of aryl methyl sites for hydroxylation is 2. The van der Waals surface area contributed by atoms with Crippen molar-refractivity contribution >= 4 is 11.8 Å². The van der Waals surface area contributed by atoms with Crippen LogP contribution in [0.5, 0.6) is 0 Å². The molecule has 0 fully saturated rings. The quantitative estimate of drug-likeness (QED) is 0.683. The fraction of sp³-hybridized carbons (Fsp3) is 0.462. The van der Waals surface area contributed by atoms with E-state index in [0.29, 0.717) is 25.8 Å². The SMILES string of the molecule is CC[C@H](C(=O)NC)N(Cc1ccccc1C)C(=O)CCc1ccc(C(C)(C)C)cc1. The molecule has 0 spiro atoms. The molecule has 0 aliphatic carbocycles. The van der Waals surface area contributed by atoms with Gasteiger partial charge in [-0.15, -0.1) is 0 Å². The highest BCUT2D eigenvalue weighted by Crippen LogP contribution is 2.23. The summed E-state index contributed by atoms with van der Waals surface area (Å²) >= 11 is 0. The summed E-state index contributed by atoms with van der Waals surface area (Å²) in [6.45, 7) is 11.0. The first-order valence-electron chi connectivity index (χ1n) is 10.8. The van der Waals surface area contributed by atoms with Gasteiger partial charge in [-0.3, -0.25) is 9.59 Å². The Kier molecular flexibility index (Phi) is 8.22. The summed E-state index contributed by atoms with van der Waals surface area (Å²) in [5.74, 6) is -0.109. The number of carbonyl (C=O) groups is 2. The van der Waals surface area contributed by atoms with Gasteiger partial charge in [-0.2, -0.15) is 0 Å². The zero-order valence-electron chi connectivity index (χ0n) is 19.3. The molecule has 30 heavy (non-hydrogen) atoms. The van der Waals surface area contributed by atoms with Crippen molar-refractivity contribution < 1.29 is 9.59 Å². The zero-order chi connectivity index (χ0) is 22.3. The van der Waals surface area contributed by atoms with Gasteiger partial charge in [0.2, 0.25) is 11.8 Å². The van der Waals surface area contributed by atoms with Crippen molar-refractivity contribution in [2.24, 2.45) is 0 Å². The molecule has 0 bridgehead atoms. The molecule has 0 radical (unpaired) electrons. The normalized spacial score (nSPS) is 12.3. The molecule has 2 amide bonds. The second-order valence-corrected chi connectivity index (χ2v) is 8.93. The average molecular weight is 409 g/mol. The lowest BCUT2D eigenvalue weighted by atomic mass is 9.86.